The lowest BCUT2D eigenvalue weighted by Crippen LogP contribution is -3.14. The maximum absolute atomic E-state index is 10.9. The van der Waals surface area contributed by atoms with Crippen molar-refractivity contribution in [2.24, 2.45) is 0 Å². The van der Waals surface area contributed by atoms with E-state index < -0.39 is 0 Å². The van der Waals surface area contributed by atoms with Gasteiger partial charge in [-0.2, -0.15) is 0 Å². The number of benzene rings is 1. The molecule has 24 heavy (non-hydrogen) atoms. The van der Waals surface area contributed by atoms with Crippen LogP contribution in [0.4, 0.5) is 0 Å². The maximum Gasteiger partial charge on any atom is 0.160 e. The molecule has 0 spiro atoms. The van der Waals surface area contributed by atoms with Gasteiger partial charge in [-0.25, -0.2) is 0 Å². The van der Waals surface area contributed by atoms with E-state index >= 15 is 0 Å². The highest BCUT2D eigenvalue weighted by Crippen LogP contribution is 2.32. The zero-order valence-corrected chi connectivity index (χ0v) is 13.4. The molecule has 1 saturated heterocycles. The fourth-order valence-electron chi connectivity index (χ4n) is 3.44. The molecular weight excluding hydrogens is 302 g/mol. The van der Waals surface area contributed by atoms with Crippen molar-refractivity contribution < 1.29 is 14.7 Å². The Bertz CT molecular complexity index is 832. The van der Waals surface area contributed by atoms with Gasteiger partial charge in [0.1, 0.15) is 24.3 Å². The Kier molecular flexibility index (Phi) is 4.11. The Balaban J connectivity index is 1.85. The number of hydrogen-bond donors (Lipinski definition) is 2. The Morgan fingerprint density at radius 1 is 0.958 bits per heavy atom. The Hall–Kier alpha value is -2.50. The quantitative estimate of drug-likeness (QED) is 0.764. The molecule has 122 valence electrons. The number of quaternary nitrogens is 1. The van der Waals surface area contributed by atoms with Crippen LogP contribution in [-0.4, -0.2) is 41.4 Å². The Morgan fingerprint density at radius 2 is 1.79 bits per heavy atom. The van der Waals surface area contributed by atoms with Crippen LogP contribution in [0.5, 0.6) is 5.75 Å². The van der Waals surface area contributed by atoms with Gasteiger partial charge < -0.3 is 14.7 Å². The second-order valence-corrected chi connectivity index (χ2v) is 6.04. The number of morpholine rings is 1. The van der Waals surface area contributed by atoms with Crippen LogP contribution in [0.25, 0.3) is 10.9 Å². The molecule has 0 aliphatic carbocycles. The van der Waals surface area contributed by atoms with Gasteiger partial charge in [0.05, 0.1) is 18.8 Å². The summed E-state index contributed by atoms with van der Waals surface area (Å²) in [6.07, 6.45) is 3.52. The molecule has 0 bridgehead atoms. The van der Waals surface area contributed by atoms with Gasteiger partial charge in [-0.1, -0.05) is 18.2 Å². The van der Waals surface area contributed by atoms with E-state index in [9.17, 15) is 5.11 Å². The van der Waals surface area contributed by atoms with E-state index in [1.54, 1.807) is 12.4 Å². The summed E-state index contributed by atoms with van der Waals surface area (Å²) < 4.78 is 5.51. The van der Waals surface area contributed by atoms with E-state index in [1.165, 1.54) is 4.90 Å². The Morgan fingerprint density at radius 3 is 2.58 bits per heavy atom. The van der Waals surface area contributed by atoms with E-state index in [0.29, 0.717) is 5.52 Å². The van der Waals surface area contributed by atoms with Gasteiger partial charge in [0.2, 0.25) is 0 Å². The van der Waals surface area contributed by atoms with Crippen LogP contribution in [-0.2, 0) is 4.74 Å². The number of rotatable bonds is 3. The van der Waals surface area contributed by atoms with Crippen LogP contribution in [0.2, 0.25) is 0 Å². The monoisotopic (exact) mass is 322 g/mol. The fourth-order valence-corrected chi connectivity index (χ4v) is 3.44. The third-order valence-corrected chi connectivity index (χ3v) is 4.62. The molecular formula is C19H20N3O2+. The average molecular weight is 322 g/mol. The molecule has 2 N–H and O–H groups in total. The summed E-state index contributed by atoms with van der Waals surface area (Å²) in [5.74, 6) is 0.253. The summed E-state index contributed by atoms with van der Waals surface area (Å²) >= 11 is 0. The van der Waals surface area contributed by atoms with Gasteiger partial charge in [0.25, 0.3) is 0 Å². The van der Waals surface area contributed by atoms with Crippen LogP contribution < -0.4 is 4.90 Å². The molecule has 5 nitrogen and oxygen atoms in total. The van der Waals surface area contributed by atoms with Crippen LogP contribution in [0.1, 0.15) is 17.3 Å². The minimum Gasteiger partial charge on any atom is -0.505 e. The number of phenolic OH excluding ortho intramolecular Hbond substituents is 1. The van der Waals surface area contributed by atoms with Gasteiger partial charge in [0, 0.05) is 17.8 Å². The van der Waals surface area contributed by atoms with Crippen molar-refractivity contribution in [2.45, 2.75) is 6.04 Å². The predicted octanol–water partition coefficient (Wildman–Crippen LogP) is 1.34. The maximum atomic E-state index is 10.9. The first-order valence-electron chi connectivity index (χ1n) is 8.24. The topological polar surface area (TPSA) is 59.7 Å². The fraction of sp³-hybridized carbons (Fsp3) is 0.263. The van der Waals surface area contributed by atoms with Crippen molar-refractivity contribution in [3.63, 3.8) is 0 Å². The number of phenols is 1. The number of pyridine rings is 2. The molecule has 0 saturated carbocycles. The molecule has 4 rings (SSSR count). The summed E-state index contributed by atoms with van der Waals surface area (Å²) in [5.41, 5.74) is 2.47. The first kappa shape index (κ1) is 15.1. The van der Waals surface area contributed by atoms with E-state index in [1.807, 2.05) is 42.5 Å². The lowest BCUT2D eigenvalue weighted by atomic mass is 9.98. The minimum atomic E-state index is -0.0264. The van der Waals surface area contributed by atoms with E-state index in [4.69, 9.17) is 4.74 Å². The van der Waals surface area contributed by atoms with E-state index in [-0.39, 0.29) is 11.8 Å². The molecule has 1 aromatic carbocycles. The van der Waals surface area contributed by atoms with Crippen molar-refractivity contribution in [3.05, 3.63) is 66.1 Å². The van der Waals surface area contributed by atoms with Crippen molar-refractivity contribution in [1.29, 1.82) is 0 Å². The van der Waals surface area contributed by atoms with E-state index in [0.717, 1.165) is 42.9 Å². The average Bonchev–Trinajstić information content (AvgIpc) is 2.66. The summed E-state index contributed by atoms with van der Waals surface area (Å²) in [4.78, 5) is 10.3. The highest BCUT2D eigenvalue weighted by Gasteiger charge is 2.31. The molecule has 3 aromatic rings. The second-order valence-electron chi connectivity index (χ2n) is 6.04. The summed E-state index contributed by atoms with van der Waals surface area (Å²) in [6.45, 7) is 3.23. The zero-order valence-electron chi connectivity index (χ0n) is 13.4. The number of aromatic hydroxyl groups is 1. The van der Waals surface area contributed by atoms with Gasteiger partial charge in [-0.05, 0) is 24.3 Å². The first-order valence-corrected chi connectivity index (χ1v) is 8.24. The molecule has 2 aromatic heterocycles. The highest BCUT2D eigenvalue weighted by atomic mass is 16.5. The van der Waals surface area contributed by atoms with Crippen molar-refractivity contribution in [3.8, 4) is 5.75 Å². The summed E-state index contributed by atoms with van der Waals surface area (Å²) in [7, 11) is 0. The van der Waals surface area contributed by atoms with Gasteiger partial charge >= 0.3 is 0 Å². The molecule has 3 heterocycles. The third-order valence-electron chi connectivity index (χ3n) is 4.62. The SMILES string of the molecule is Oc1c([C@H](c2ccccn2)[NH+]2CCOCC2)ccc2cccnc12. The van der Waals surface area contributed by atoms with Gasteiger partial charge in [-0.3, -0.25) is 9.97 Å². The molecule has 0 unspecified atom stereocenters. The lowest BCUT2D eigenvalue weighted by Gasteiger charge is -2.31. The molecule has 1 aliphatic heterocycles. The zero-order chi connectivity index (χ0) is 16.4. The molecule has 0 radical (unpaired) electrons. The van der Waals surface area contributed by atoms with Gasteiger partial charge in [0.15, 0.2) is 11.8 Å². The molecule has 5 heteroatoms. The number of nitrogens with zero attached hydrogens (tertiary/aromatic N) is 2. The lowest BCUT2D eigenvalue weighted by molar-refractivity contribution is -0.933. The summed E-state index contributed by atoms with van der Waals surface area (Å²) in [6, 6.07) is 13.8. The molecule has 0 amide bonds. The Labute approximate surface area is 140 Å². The van der Waals surface area contributed by atoms with Crippen LogP contribution >= 0.6 is 0 Å². The normalized spacial score (nSPS) is 17.0. The smallest absolute Gasteiger partial charge is 0.160 e. The van der Waals surface area contributed by atoms with Crippen LogP contribution in [0.3, 0.4) is 0 Å². The third kappa shape index (κ3) is 2.72. The van der Waals surface area contributed by atoms with Crippen LogP contribution in [0, 0.1) is 0 Å². The van der Waals surface area contributed by atoms with Crippen LogP contribution in [0.15, 0.2) is 54.9 Å². The van der Waals surface area contributed by atoms with Crippen molar-refractivity contribution >= 4 is 10.9 Å². The number of fused-ring (bicyclic) bond motifs is 1. The number of hydrogen-bond acceptors (Lipinski definition) is 4. The standard InChI is InChI=1S/C19H19N3O2/c23-19-15(7-6-14-4-3-9-21-17(14)19)18(16-5-1-2-8-20-16)22-10-12-24-13-11-22/h1-9,18,23H,10-13H2/p+1/t18-/m1/s1. The second kappa shape index (κ2) is 6.55. The van der Waals surface area contributed by atoms with Gasteiger partial charge in [-0.15, -0.1) is 0 Å². The predicted molar refractivity (Wildman–Crippen MR) is 91.0 cm³/mol. The number of nitrogens with one attached hydrogen (secondary N) is 1. The molecule has 1 fully saturated rings. The minimum absolute atomic E-state index is 0.0264. The number of aromatic nitrogens is 2. The highest BCUT2D eigenvalue weighted by molar-refractivity contribution is 5.85. The largest absolute Gasteiger partial charge is 0.505 e. The van der Waals surface area contributed by atoms with E-state index in [2.05, 4.69) is 9.97 Å². The summed E-state index contributed by atoms with van der Waals surface area (Å²) in [5, 5.41) is 11.8. The van der Waals surface area contributed by atoms with Crippen molar-refractivity contribution in [1.82, 2.24) is 9.97 Å². The molecule has 1 aliphatic rings. The van der Waals surface area contributed by atoms with Crippen molar-refractivity contribution in [2.75, 3.05) is 26.3 Å². The molecule has 1 atom stereocenters. The number of ether oxygens (including phenoxy) is 1. The first-order chi connectivity index (χ1) is 11.8.